The van der Waals surface area contributed by atoms with Crippen LogP contribution in [0.15, 0.2) is 16.6 Å². The lowest BCUT2D eigenvalue weighted by molar-refractivity contribution is 0.309. The first-order valence-electron chi connectivity index (χ1n) is 7.13. The van der Waals surface area contributed by atoms with Crippen LogP contribution in [0.5, 0.6) is 11.5 Å². The molecule has 1 aromatic carbocycles. The second-order valence-corrected chi connectivity index (χ2v) is 5.28. The highest BCUT2D eigenvalue weighted by molar-refractivity contribution is 9.10. The van der Waals surface area contributed by atoms with Crippen molar-refractivity contribution >= 4 is 15.9 Å². The van der Waals surface area contributed by atoms with Gasteiger partial charge in [0.25, 0.3) is 0 Å². The Balaban J connectivity index is 2.53. The van der Waals surface area contributed by atoms with Gasteiger partial charge < -0.3 is 20.1 Å². The van der Waals surface area contributed by atoms with Crippen LogP contribution < -0.4 is 20.1 Å². The molecule has 0 fully saturated rings. The van der Waals surface area contributed by atoms with Crippen molar-refractivity contribution in [3.8, 4) is 11.5 Å². The molecule has 0 unspecified atom stereocenters. The lowest BCUT2D eigenvalue weighted by Crippen LogP contribution is -2.21. The second kappa shape index (κ2) is 10.0. The van der Waals surface area contributed by atoms with Gasteiger partial charge in [0.15, 0.2) is 11.5 Å². The van der Waals surface area contributed by atoms with Crippen LogP contribution in [-0.4, -0.2) is 33.4 Å². The van der Waals surface area contributed by atoms with Gasteiger partial charge in [0.1, 0.15) is 0 Å². The highest BCUT2D eigenvalue weighted by atomic mass is 79.9. The maximum atomic E-state index is 5.62. The molecule has 5 heteroatoms. The zero-order valence-corrected chi connectivity index (χ0v) is 14.2. The van der Waals surface area contributed by atoms with Gasteiger partial charge in [-0.25, -0.2) is 0 Å². The standard InChI is InChI=1S/C15H25BrN2O2/c1-4-17-7-6-8-18-11-12-9-13(16)15(19-3)14(10-12)20-5-2/h9-10,17-18H,4-8,11H2,1-3H3. The van der Waals surface area contributed by atoms with E-state index < -0.39 is 0 Å². The smallest absolute Gasteiger partial charge is 0.174 e. The van der Waals surface area contributed by atoms with Crippen LogP contribution in [0, 0.1) is 0 Å². The molecule has 0 saturated heterocycles. The van der Waals surface area contributed by atoms with E-state index in [0.29, 0.717) is 6.61 Å². The largest absolute Gasteiger partial charge is 0.492 e. The summed E-state index contributed by atoms with van der Waals surface area (Å²) in [6, 6.07) is 4.10. The van der Waals surface area contributed by atoms with E-state index in [2.05, 4.69) is 39.6 Å². The molecule has 114 valence electrons. The van der Waals surface area contributed by atoms with Gasteiger partial charge in [-0.3, -0.25) is 0 Å². The molecule has 0 bridgehead atoms. The fourth-order valence-corrected chi connectivity index (χ4v) is 2.58. The molecule has 1 rings (SSSR count). The summed E-state index contributed by atoms with van der Waals surface area (Å²) in [4.78, 5) is 0. The van der Waals surface area contributed by atoms with Crippen LogP contribution in [0.4, 0.5) is 0 Å². The molecule has 1 aromatic rings. The minimum absolute atomic E-state index is 0.627. The third kappa shape index (κ3) is 5.69. The van der Waals surface area contributed by atoms with Crippen LogP contribution in [0.1, 0.15) is 25.8 Å². The summed E-state index contributed by atoms with van der Waals surface area (Å²) in [6.45, 7) is 8.64. The van der Waals surface area contributed by atoms with Crippen molar-refractivity contribution in [2.45, 2.75) is 26.8 Å². The number of hydrogen-bond acceptors (Lipinski definition) is 4. The average Bonchev–Trinajstić information content (AvgIpc) is 2.43. The van der Waals surface area contributed by atoms with E-state index >= 15 is 0 Å². The number of hydrogen-bond donors (Lipinski definition) is 2. The molecular formula is C15H25BrN2O2. The van der Waals surface area contributed by atoms with Crippen molar-refractivity contribution in [1.82, 2.24) is 10.6 Å². The monoisotopic (exact) mass is 344 g/mol. The zero-order chi connectivity index (χ0) is 14.8. The number of rotatable bonds is 10. The van der Waals surface area contributed by atoms with Crippen molar-refractivity contribution in [2.75, 3.05) is 33.4 Å². The minimum Gasteiger partial charge on any atom is -0.492 e. The van der Waals surface area contributed by atoms with Gasteiger partial charge in [-0.2, -0.15) is 0 Å². The molecule has 0 spiro atoms. The van der Waals surface area contributed by atoms with Crippen molar-refractivity contribution in [3.63, 3.8) is 0 Å². The van der Waals surface area contributed by atoms with Crippen LogP contribution in [0.3, 0.4) is 0 Å². The summed E-state index contributed by atoms with van der Waals surface area (Å²) >= 11 is 3.53. The SMILES string of the molecule is CCNCCCNCc1cc(Br)c(OC)c(OCC)c1. The van der Waals surface area contributed by atoms with E-state index in [1.165, 1.54) is 5.56 Å². The zero-order valence-electron chi connectivity index (χ0n) is 12.6. The van der Waals surface area contributed by atoms with Gasteiger partial charge in [-0.15, -0.1) is 0 Å². The fourth-order valence-electron chi connectivity index (χ4n) is 1.93. The molecule has 0 aliphatic heterocycles. The van der Waals surface area contributed by atoms with Gasteiger partial charge in [0, 0.05) is 6.54 Å². The second-order valence-electron chi connectivity index (χ2n) is 4.43. The quantitative estimate of drug-likeness (QED) is 0.640. The Bertz CT molecular complexity index is 400. The number of nitrogens with one attached hydrogen (secondary N) is 2. The van der Waals surface area contributed by atoms with Gasteiger partial charge >= 0.3 is 0 Å². The van der Waals surface area contributed by atoms with Gasteiger partial charge in [0.05, 0.1) is 18.2 Å². The minimum atomic E-state index is 0.627. The lowest BCUT2D eigenvalue weighted by atomic mass is 10.2. The Morgan fingerprint density at radius 1 is 1.15 bits per heavy atom. The molecule has 0 aliphatic carbocycles. The predicted molar refractivity (Wildman–Crippen MR) is 86.7 cm³/mol. The first kappa shape index (κ1) is 17.3. The Kier molecular flexibility index (Phi) is 8.65. The fraction of sp³-hybridized carbons (Fsp3) is 0.600. The average molecular weight is 345 g/mol. The first-order valence-corrected chi connectivity index (χ1v) is 7.92. The van der Waals surface area contributed by atoms with Crippen LogP contribution in [-0.2, 0) is 6.54 Å². The molecule has 0 amide bonds. The van der Waals surface area contributed by atoms with Crippen molar-refractivity contribution in [3.05, 3.63) is 22.2 Å². The highest BCUT2D eigenvalue weighted by Gasteiger charge is 2.10. The topological polar surface area (TPSA) is 42.5 Å². The number of benzene rings is 1. The number of halogens is 1. The number of methoxy groups -OCH3 is 1. The Morgan fingerprint density at radius 3 is 2.55 bits per heavy atom. The normalized spacial score (nSPS) is 10.6. The summed E-state index contributed by atoms with van der Waals surface area (Å²) in [5.74, 6) is 1.54. The lowest BCUT2D eigenvalue weighted by Gasteiger charge is -2.13. The Labute approximate surface area is 130 Å². The summed E-state index contributed by atoms with van der Waals surface area (Å²) in [5.41, 5.74) is 1.18. The van der Waals surface area contributed by atoms with E-state index in [1.54, 1.807) is 7.11 Å². The molecule has 0 aromatic heterocycles. The molecule has 0 radical (unpaired) electrons. The molecular weight excluding hydrogens is 320 g/mol. The van der Waals surface area contributed by atoms with Gasteiger partial charge in [-0.05, 0) is 66.6 Å². The molecule has 4 nitrogen and oxygen atoms in total. The van der Waals surface area contributed by atoms with Gasteiger partial charge in [0.2, 0.25) is 0 Å². The molecule has 0 aliphatic rings. The summed E-state index contributed by atoms with van der Waals surface area (Å²) < 4.78 is 11.9. The Morgan fingerprint density at radius 2 is 1.90 bits per heavy atom. The van der Waals surface area contributed by atoms with Crippen LogP contribution in [0.25, 0.3) is 0 Å². The Hall–Kier alpha value is -0.780. The third-order valence-electron chi connectivity index (χ3n) is 2.86. The molecule has 0 saturated carbocycles. The van der Waals surface area contributed by atoms with E-state index in [4.69, 9.17) is 9.47 Å². The van der Waals surface area contributed by atoms with E-state index in [0.717, 1.165) is 48.6 Å². The summed E-state index contributed by atoms with van der Waals surface area (Å²) in [6.07, 6.45) is 1.13. The molecule has 2 N–H and O–H groups in total. The first-order chi connectivity index (χ1) is 9.72. The van der Waals surface area contributed by atoms with Crippen molar-refractivity contribution in [1.29, 1.82) is 0 Å². The van der Waals surface area contributed by atoms with Gasteiger partial charge in [-0.1, -0.05) is 6.92 Å². The maximum Gasteiger partial charge on any atom is 0.174 e. The van der Waals surface area contributed by atoms with E-state index in [1.807, 2.05) is 13.0 Å². The number of ether oxygens (including phenoxy) is 2. The maximum absolute atomic E-state index is 5.62. The van der Waals surface area contributed by atoms with E-state index in [9.17, 15) is 0 Å². The van der Waals surface area contributed by atoms with Crippen LogP contribution in [0.2, 0.25) is 0 Å². The summed E-state index contributed by atoms with van der Waals surface area (Å²) in [7, 11) is 1.65. The molecule has 0 atom stereocenters. The third-order valence-corrected chi connectivity index (χ3v) is 3.45. The predicted octanol–water partition coefficient (Wildman–Crippen LogP) is 2.95. The van der Waals surface area contributed by atoms with E-state index in [-0.39, 0.29) is 0 Å². The van der Waals surface area contributed by atoms with Crippen molar-refractivity contribution < 1.29 is 9.47 Å². The summed E-state index contributed by atoms with van der Waals surface area (Å²) in [5, 5.41) is 6.75. The van der Waals surface area contributed by atoms with Crippen LogP contribution >= 0.6 is 15.9 Å². The van der Waals surface area contributed by atoms with Crippen molar-refractivity contribution in [2.24, 2.45) is 0 Å². The molecule has 0 heterocycles. The highest BCUT2D eigenvalue weighted by Crippen LogP contribution is 2.36. The molecule has 20 heavy (non-hydrogen) atoms.